The first-order valence-corrected chi connectivity index (χ1v) is 5.18. The number of thiophene rings is 1. The quantitative estimate of drug-likeness (QED) is 0.754. The average Bonchev–Trinajstić information content (AvgIpc) is 2.76. The molecule has 0 atom stereocenters. The Bertz CT molecular complexity index is 449. The molecule has 0 bridgehead atoms. The third kappa shape index (κ3) is 1.86. The van der Waals surface area contributed by atoms with Crippen LogP contribution in [-0.4, -0.2) is 15.8 Å². The normalized spacial score (nSPS) is 10.4. The van der Waals surface area contributed by atoms with E-state index >= 15 is 0 Å². The van der Waals surface area contributed by atoms with E-state index in [0.29, 0.717) is 12.2 Å². The SMILES string of the molecule is O=Cc1cncn1Cc1ccc(Cl)s1. The zero-order valence-electron chi connectivity index (χ0n) is 7.18. The maximum Gasteiger partial charge on any atom is 0.168 e. The molecule has 72 valence electrons. The van der Waals surface area contributed by atoms with Crippen LogP contribution in [0.2, 0.25) is 4.34 Å². The summed E-state index contributed by atoms with van der Waals surface area (Å²) < 4.78 is 2.54. The summed E-state index contributed by atoms with van der Waals surface area (Å²) in [6.45, 7) is 0.644. The summed E-state index contributed by atoms with van der Waals surface area (Å²) in [4.78, 5) is 15.6. The number of hydrogen-bond donors (Lipinski definition) is 0. The predicted octanol–water partition coefficient (Wildman–Crippen LogP) is 2.46. The van der Waals surface area contributed by atoms with E-state index in [2.05, 4.69) is 4.98 Å². The molecule has 0 amide bonds. The van der Waals surface area contributed by atoms with E-state index in [-0.39, 0.29) is 0 Å². The molecule has 0 radical (unpaired) electrons. The topological polar surface area (TPSA) is 34.9 Å². The highest BCUT2D eigenvalue weighted by Crippen LogP contribution is 2.22. The number of rotatable bonds is 3. The largest absolute Gasteiger partial charge is 0.323 e. The zero-order chi connectivity index (χ0) is 9.97. The molecule has 2 rings (SSSR count). The van der Waals surface area contributed by atoms with Crippen molar-refractivity contribution in [1.29, 1.82) is 0 Å². The van der Waals surface area contributed by atoms with Gasteiger partial charge in [0.25, 0.3) is 0 Å². The van der Waals surface area contributed by atoms with Gasteiger partial charge in [-0.2, -0.15) is 0 Å². The predicted molar refractivity (Wildman–Crippen MR) is 56.0 cm³/mol. The van der Waals surface area contributed by atoms with Crippen molar-refractivity contribution in [2.75, 3.05) is 0 Å². The van der Waals surface area contributed by atoms with Crippen LogP contribution >= 0.6 is 22.9 Å². The van der Waals surface area contributed by atoms with Crippen LogP contribution in [0.5, 0.6) is 0 Å². The van der Waals surface area contributed by atoms with E-state index < -0.39 is 0 Å². The van der Waals surface area contributed by atoms with Gasteiger partial charge < -0.3 is 4.57 Å². The van der Waals surface area contributed by atoms with E-state index in [9.17, 15) is 4.79 Å². The molecule has 2 heterocycles. The molecule has 14 heavy (non-hydrogen) atoms. The lowest BCUT2D eigenvalue weighted by Crippen LogP contribution is -2.00. The number of carbonyl (C=O) groups excluding carboxylic acids is 1. The summed E-state index contributed by atoms with van der Waals surface area (Å²) in [6, 6.07) is 3.79. The second-order valence-electron chi connectivity index (χ2n) is 2.77. The summed E-state index contributed by atoms with van der Waals surface area (Å²) >= 11 is 7.30. The first-order valence-electron chi connectivity index (χ1n) is 3.99. The number of imidazole rings is 1. The highest BCUT2D eigenvalue weighted by Gasteiger charge is 2.03. The van der Waals surface area contributed by atoms with Crippen molar-refractivity contribution in [3.8, 4) is 0 Å². The van der Waals surface area contributed by atoms with Crippen molar-refractivity contribution < 1.29 is 4.79 Å². The van der Waals surface area contributed by atoms with Crippen LogP contribution in [0.15, 0.2) is 24.7 Å². The molecule has 0 unspecified atom stereocenters. The first kappa shape index (κ1) is 9.43. The smallest absolute Gasteiger partial charge is 0.168 e. The van der Waals surface area contributed by atoms with Crippen LogP contribution in [0, 0.1) is 0 Å². The number of hydrogen-bond acceptors (Lipinski definition) is 3. The fourth-order valence-electron chi connectivity index (χ4n) is 1.17. The van der Waals surface area contributed by atoms with E-state index in [1.54, 1.807) is 17.1 Å². The van der Waals surface area contributed by atoms with Crippen LogP contribution in [0.1, 0.15) is 15.4 Å². The molecule has 0 aliphatic rings. The average molecular weight is 227 g/mol. The highest BCUT2D eigenvalue weighted by molar-refractivity contribution is 7.16. The first-order chi connectivity index (χ1) is 6.79. The van der Waals surface area contributed by atoms with E-state index in [4.69, 9.17) is 11.6 Å². The van der Waals surface area contributed by atoms with E-state index in [1.165, 1.54) is 11.3 Å². The van der Waals surface area contributed by atoms with Crippen LogP contribution in [0.25, 0.3) is 0 Å². The summed E-state index contributed by atoms with van der Waals surface area (Å²) in [5, 5.41) is 0. The van der Waals surface area contributed by atoms with Crippen molar-refractivity contribution in [3.63, 3.8) is 0 Å². The number of nitrogens with zero attached hydrogens (tertiary/aromatic N) is 2. The van der Waals surface area contributed by atoms with Gasteiger partial charge in [-0.1, -0.05) is 11.6 Å². The molecule has 3 nitrogen and oxygen atoms in total. The summed E-state index contributed by atoms with van der Waals surface area (Å²) in [5.74, 6) is 0. The van der Waals surface area contributed by atoms with Gasteiger partial charge in [0.2, 0.25) is 0 Å². The highest BCUT2D eigenvalue weighted by atomic mass is 35.5. The minimum atomic E-state index is 0.578. The number of halogens is 1. The fourth-order valence-corrected chi connectivity index (χ4v) is 2.25. The van der Waals surface area contributed by atoms with Gasteiger partial charge >= 0.3 is 0 Å². The van der Waals surface area contributed by atoms with E-state index in [0.717, 1.165) is 15.5 Å². The van der Waals surface area contributed by atoms with Gasteiger partial charge in [-0.05, 0) is 12.1 Å². The van der Waals surface area contributed by atoms with E-state index in [1.807, 2.05) is 12.1 Å². The molecule has 0 saturated heterocycles. The van der Waals surface area contributed by atoms with Gasteiger partial charge in [-0.3, -0.25) is 4.79 Å². The third-order valence-electron chi connectivity index (χ3n) is 1.82. The summed E-state index contributed by atoms with van der Waals surface area (Å²) in [6.07, 6.45) is 3.97. The second-order valence-corrected chi connectivity index (χ2v) is 4.57. The molecular formula is C9H7ClN2OS. The molecule has 0 fully saturated rings. The molecule has 0 aliphatic carbocycles. The molecule has 2 aromatic heterocycles. The maximum atomic E-state index is 10.6. The van der Waals surface area contributed by atoms with Crippen molar-refractivity contribution >= 4 is 29.2 Å². The Hall–Kier alpha value is -1.13. The van der Waals surface area contributed by atoms with Crippen LogP contribution in [0.4, 0.5) is 0 Å². The Morgan fingerprint density at radius 2 is 2.43 bits per heavy atom. The van der Waals surface area contributed by atoms with Crippen molar-refractivity contribution in [2.24, 2.45) is 0 Å². The molecule has 0 aromatic carbocycles. The molecule has 0 saturated carbocycles. The standard InChI is InChI=1S/C9H7ClN2OS/c10-9-2-1-8(14-9)4-12-6-11-3-7(12)5-13/h1-3,5-6H,4H2. The Kier molecular flexibility index (Phi) is 2.65. The summed E-state index contributed by atoms with van der Waals surface area (Å²) in [5.41, 5.74) is 0.578. The van der Waals surface area contributed by atoms with Crippen LogP contribution in [-0.2, 0) is 6.54 Å². The van der Waals surface area contributed by atoms with Crippen molar-refractivity contribution in [1.82, 2.24) is 9.55 Å². The van der Waals surface area contributed by atoms with Gasteiger partial charge in [0.1, 0.15) is 5.69 Å². The third-order valence-corrected chi connectivity index (χ3v) is 3.04. The molecule has 5 heteroatoms. The Balaban J connectivity index is 2.22. The minimum Gasteiger partial charge on any atom is -0.323 e. The Morgan fingerprint density at radius 1 is 1.57 bits per heavy atom. The van der Waals surface area contributed by atoms with Crippen LogP contribution in [0.3, 0.4) is 0 Å². The van der Waals surface area contributed by atoms with Gasteiger partial charge in [0.05, 0.1) is 23.4 Å². The fraction of sp³-hybridized carbons (Fsp3) is 0.111. The van der Waals surface area contributed by atoms with Crippen molar-refractivity contribution in [3.05, 3.63) is 39.6 Å². The number of aldehydes is 1. The molecule has 0 aliphatic heterocycles. The lowest BCUT2D eigenvalue weighted by molar-refractivity contribution is 0.111. The Morgan fingerprint density at radius 3 is 3.07 bits per heavy atom. The van der Waals surface area contributed by atoms with Gasteiger partial charge in [-0.15, -0.1) is 11.3 Å². The molecule has 0 spiro atoms. The lowest BCUT2D eigenvalue weighted by atomic mass is 10.4. The van der Waals surface area contributed by atoms with Gasteiger partial charge in [0, 0.05) is 4.88 Å². The molecular weight excluding hydrogens is 220 g/mol. The summed E-state index contributed by atoms with van der Waals surface area (Å²) in [7, 11) is 0. The lowest BCUT2D eigenvalue weighted by Gasteiger charge is -2.00. The zero-order valence-corrected chi connectivity index (χ0v) is 8.76. The number of aromatic nitrogens is 2. The second kappa shape index (κ2) is 3.94. The number of carbonyl (C=O) groups is 1. The van der Waals surface area contributed by atoms with Gasteiger partial charge in [0.15, 0.2) is 6.29 Å². The maximum absolute atomic E-state index is 10.6. The molecule has 2 aromatic rings. The molecule has 0 N–H and O–H groups in total. The van der Waals surface area contributed by atoms with Crippen LogP contribution < -0.4 is 0 Å². The van der Waals surface area contributed by atoms with Gasteiger partial charge in [-0.25, -0.2) is 4.98 Å². The monoisotopic (exact) mass is 226 g/mol. The minimum absolute atomic E-state index is 0.578. The Labute approximate surface area is 90.0 Å². The van der Waals surface area contributed by atoms with Crippen molar-refractivity contribution in [2.45, 2.75) is 6.54 Å².